The first-order valence-corrected chi connectivity index (χ1v) is 15.4. The SMILES string of the molecule is COC(=O)[C@@]12OC[C@]34[C@H]([C@@H](OC(=O)C(Cl)Cl)[C@@H]1O)[C@@]1(C)CC=C[C@@H](C)[C@@H]1C[C@H]3O[C@@H](OC(=O)c1cccc(Cl)c1)[C@H](O)[C@@H]24. The molecule has 43 heavy (non-hydrogen) atoms. The molecule has 2 bridgehead atoms. The van der Waals surface area contributed by atoms with Crippen LogP contribution < -0.4 is 0 Å². The first kappa shape index (κ1) is 31.1. The van der Waals surface area contributed by atoms with Crippen molar-refractivity contribution in [1.82, 2.24) is 0 Å². The molecule has 1 aromatic carbocycles. The molecule has 2 aliphatic heterocycles. The van der Waals surface area contributed by atoms with E-state index in [1.807, 2.05) is 0 Å². The van der Waals surface area contributed by atoms with Crippen LogP contribution in [0.5, 0.6) is 0 Å². The third-order valence-corrected chi connectivity index (χ3v) is 11.2. The number of aliphatic hydroxyl groups is 2. The van der Waals surface area contributed by atoms with Gasteiger partial charge in [0.15, 0.2) is 0 Å². The summed E-state index contributed by atoms with van der Waals surface area (Å²) < 4.78 is 29.4. The lowest BCUT2D eigenvalue weighted by Crippen LogP contribution is -2.80. The highest BCUT2D eigenvalue weighted by molar-refractivity contribution is 6.52. The maximum atomic E-state index is 13.7. The number of alkyl halides is 2. The minimum atomic E-state index is -2.19. The van der Waals surface area contributed by atoms with Crippen molar-refractivity contribution < 1.29 is 48.3 Å². The van der Waals surface area contributed by atoms with Crippen molar-refractivity contribution in [3.05, 3.63) is 47.0 Å². The second-order valence-corrected chi connectivity index (χ2v) is 14.1. The van der Waals surface area contributed by atoms with Gasteiger partial charge in [-0.15, -0.1) is 0 Å². The van der Waals surface area contributed by atoms with E-state index in [-0.39, 0.29) is 24.0 Å². The largest absolute Gasteiger partial charge is 0.467 e. The van der Waals surface area contributed by atoms with Gasteiger partial charge in [-0.2, -0.15) is 0 Å². The molecule has 5 aliphatic rings. The number of hydrogen-bond donors (Lipinski definition) is 2. The third kappa shape index (κ3) is 4.31. The summed E-state index contributed by atoms with van der Waals surface area (Å²) in [6.45, 7) is 4.00. The Kier molecular flexibility index (Phi) is 7.85. The van der Waals surface area contributed by atoms with Gasteiger partial charge in [0.05, 0.1) is 25.4 Å². The molecule has 0 radical (unpaired) electrons. The van der Waals surface area contributed by atoms with Crippen molar-refractivity contribution in [2.45, 2.75) is 67.8 Å². The van der Waals surface area contributed by atoms with Crippen LogP contribution in [0.3, 0.4) is 0 Å². The van der Waals surface area contributed by atoms with Crippen LogP contribution in [0.25, 0.3) is 0 Å². The second-order valence-electron chi connectivity index (χ2n) is 12.5. The predicted molar refractivity (Wildman–Crippen MR) is 152 cm³/mol. The molecule has 13 heteroatoms. The molecule has 1 aromatic rings. The smallest absolute Gasteiger partial charge is 0.341 e. The van der Waals surface area contributed by atoms with Crippen molar-refractivity contribution >= 4 is 52.7 Å². The van der Waals surface area contributed by atoms with Gasteiger partial charge in [0, 0.05) is 22.3 Å². The molecule has 4 fully saturated rings. The van der Waals surface area contributed by atoms with Gasteiger partial charge >= 0.3 is 17.9 Å². The average Bonchev–Trinajstić information content (AvgIpc) is 3.27. The summed E-state index contributed by atoms with van der Waals surface area (Å²) in [5.41, 5.74) is -3.82. The van der Waals surface area contributed by atoms with E-state index in [1.165, 1.54) is 12.1 Å². The lowest BCUT2D eigenvalue weighted by Gasteiger charge is -2.69. The van der Waals surface area contributed by atoms with Crippen LogP contribution in [-0.2, 0) is 33.3 Å². The normalized spacial score (nSPS) is 44.3. The number of esters is 3. The van der Waals surface area contributed by atoms with Crippen LogP contribution in [0.1, 0.15) is 37.0 Å². The summed E-state index contributed by atoms with van der Waals surface area (Å²) in [5, 5.41) is 24.4. The first-order chi connectivity index (χ1) is 20.3. The van der Waals surface area contributed by atoms with Crippen LogP contribution in [0, 0.1) is 34.5 Å². The van der Waals surface area contributed by atoms with Crippen molar-refractivity contribution in [2.24, 2.45) is 34.5 Å². The number of carbonyl (C=O) groups is 3. The maximum absolute atomic E-state index is 13.7. The van der Waals surface area contributed by atoms with Gasteiger partial charge in [-0.05, 0) is 48.3 Å². The predicted octanol–water partition coefficient (Wildman–Crippen LogP) is 3.46. The molecule has 10 nitrogen and oxygen atoms in total. The van der Waals surface area contributed by atoms with E-state index in [4.69, 9.17) is 58.5 Å². The Bertz CT molecular complexity index is 1350. The minimum absolute atomic E-state index is 0.0410. The summed E-state index contributed by atoms with van der Waals surface area (Å²) in [4.78, 5) is 38.2. The van der Waals surface area contributed by atoms with Gasteiger partial charge in [0.25, 0.3) is 0 Å². The van der Waals surface area contributed by atoms with E-state index in [1.54, 1.807) is 12.1 Å². The summed E-state index contributed by atoms with van der Waals surface area (Å²) in [7, 11) is 1.13. The molecule has 234 valence electrons. The number of ether oxygens (including phenoxy) is 5. The van der Waals surface area contributed by atoms with Crippen LogP contribution in [0.2, 0.25) is 5.02 Å². The van der Waals surface area contributed by atoms with Crippen LogP contribution in [0.4, 0.5) is 0 Å². The Labute approximate surface area is 263 Å². The molecular formula is C30H33Cl3O10. The van der Waals surface area contributed by atoms with Crippen LogP contribution in [-0.4, -0.2) is 83.0 Å². The standard InChI is InChI=1S/C30H33Cl3O10/c1-13-6-5-9-28(2)16(13)11-17-29-12-40-30(27(38)39-3,22(35)19(21(28)29)42-25(37)23(32)33)20(29)18(34)26(41-17)43-24(36)14-7-4-8-15(31)10-14/h4-8,10,13,16-23,26,34-35H,9,11-12H2,1-3H3/t13-,16+,17-,18-,19-,20-,21-,22+,26+,28+,29+,30+/m1/s1. The van der Waals surface area contributed by atoms with E-state index in [0.29, 0.717) is 17.9 Å². The second kappa shape index (κ2) is 10.9. The number of allylic oxidation sites excluding steroid dienone is 2. The fourth-order valence-corrected chi connectivity index (χ4v) is 9.42. The lowest BCUT2D eigenvalue weighted by atomic mass is 9.38. The molecule has 6 rings (SSSR count). The summed E-state index contributed by atoms with van der Waals surface area (Å²) in [6, 6.07) is 6.12. The molecule has 2 saturated heterocycles. The summed E-state index contributed by atoms with van der Waals surface area (Å²) in [6.07, 6.45) is -1.84. The number of methoxy groups -OCH3 is 1. The van der Waals surface area contributed by atoms with Crippen molar-refractivity contribution in [2.75, 3.05) is 13.7 Å². The van der Waals surface area contributed by atoms with Gasteiger partial charge in [-0.1, -0.05) is 66.9 Å². The molecule has 2 heterocycles. The number of aliphatic hydroxyl groups excluding tert-OH is 2. The van der Waals surface area contributed by atoms with Crippen LogP contribution in [0.15, 0.2) is 36.4 Å². The van der Waals surface area contributed by atoms with Gasteiger partial charge in [0.2, 0.25) is 16.7 Å². The fraction of sp³-hybridized carbons (Fsp3) is 0.633. The van der Waals surface area contributed by atoms with Gasteiger partial charge in [0.1, 0.15) is 18.3 Å². The zero-order valence-corrected chi connectivity index (χ0v) is 25.9. The zero-order valence-electron chi connectivity index (χ0n) is 23.7. The van der Waals surface area contributed by atoms with E-state index in [9.17, 15) is 24.6 Å². The van der Waals surface area contributed by atoms with Crippen LogP contribution >= 0.6 is 34.8 Å². The van der Waals surface area contributed by atoms with Crippen molar-refractivity contribution in [3.63, 3.8) is 0 Å². The highest BCUT2D eigenvalue weighted by Crippen LogP contribution is 2.73. The highest BCUT2D eigenvalue weighted by atomic mass is 35.5. The van der Waals surface area contributed by atoms with Crippen molar-refractivity contribution in [3.8, 4) is 0 Å². The molecule has 3 aliphatic carbocycles. The third-order valence-electron chi connectivity index (χ3n) is 10.7. The highest BCUT2D eigenvalue weighted by Gasteiger charge is 2.84. The molecule has 0 unspecified atom stereocenters. The Morgan fingerprint density at radius 2 is 1.88 bits per heavy atom. The number of fused-ring (bicyclic) bond motifs is 2. The lowest BCUT2D eigenvalue weighted by molar-refractivity contribution is -0.350. The van der Waals surface area contributed by atoms with Gasteiger partial charge in [-0.25, -0.2) is 14.4 Å². The van der Waals surface area contributed by atoms with E-state index < -0.39 is 81.7 Å². The summed E-state index contributed by atoms with van der Waals surface area (Å²) in [5.74, 6) is -4.60. The molecule has 2 N–H and O–H groups in total. The topological polar surface area (TPSA) is 138 Å². The zero-order chi connectivity index (χ0) is 31.1. The molecule has 1 spiro atoms. The summed E-state index contributed by atoms with van der Waals surface area (Å²) >= 11 is 17.8. The minimum Gasteiger partial charge on any atom is -0.467 e. The quantitative estimate of drug-likeness (QED) is 0.209. The molecule has 2 saturated carbocycles. The number of halogens is 3. The molecule has 0 aromatic heterocycles. The monoisotopic (exact) mass is 658 g/mol. The molecule has 0 amide bonds. The maximum Gasteiger partial charge on any atom is 0.341 e. The number of rotatable bonds is 5. The molecular weight excluding hydrogens is 627 g/mol. The number of benzene rings is 1. The van der Waals surface area contributed by atoms with E-state index >= 15 is 0 Å². The fourth-order valence-electron chi connectivity index (χ4n) is 9.13. The van der Waals surface area contributed by atoms with E-state index in [0.717, 1.165) is 7.11 Å². The first-order valence-electron chi connectivity index (χ1n) is 14.2. The van der Waals surface area contributed by atoms with Crippen molar-refractivity contribution in [1.29, 1.82) is 0 Å². The molecule has 12 atom stereocenters. The number of hydrogen-bond acceptors (Lipinski definition) is 10. The Hall–Kier alpha value is -1.92. The Balaban J connectivity index is 1.50. The average molecular weight is 660 g/mol. The number of carbonyl (C=O) groups excluding carboxylic acids is 3. The van der Waals surface area contributed by atoms with E-state index in [2.05, 4.69) is 26.0 Å². The van der Waals surface area contributed by atoms with Gasteiger partial charge < -0.3 is 33.9 Å². The van der Waals surface area contributed by atoms with Gasteiger partial charge in [-0.3, -0.25) is 0 Å². The Morgan fingerprint density at radius 1 is 1.14 bits per heavy atom. The Morgan fingerprint density at radius 3 is 2.56 bits per heavy atom.